The number of piperazine rings is 1. The lowest BCUT2D eigenvalue weighted by Crippen LogP contribution is -2.49. The third-order valence-corrected chi connectivity index (χ3v) is 5.56. The number of hydrogen-bond acceptors (Lipinski definition) is 4. The maximum absolute atomic E-state index is 13.1. The molecule has 1 fully saturated rings. The van der Waals surface area contributed by atoms with E-state index in [2.05, 4.69) is 58.8 Å². The molecule has 4 rings (SSSR count). The van der Waals surface area contributed by atoms with Crippen molar-refractivity contribution >= 4 is 22.6 Å². The van der Waals surface area contributed by atoms with Crippen molar-refractivity contribution in [2.75, 3.05) is 31.1 Å². The van der Waals surface area contributed by atoms with E-state index < -0.39 is 0 Å². The number of H-pyrrole nitrogens is 1. The summed E-state index contributed by atoms with van der Waals surface area (Å²) in [4.78, 5) is 29.4. The Morgan fingerprint density at radius 1 is 1.00 bits per heavy atom. The first-order chi connectivity index (χ1) is 13.7. The number of benzene rings is 1. The van der Waals surface area contributed by atoms with E-state index in [0.29, 0.717) is 18.8 Å². The zero-order chi connectivity index (χ0) is 20.8. The van der Waals surface area contributed by atoms with Gasteiger partial charge in [-0.15, -0.1) is 0 Å². The molecule has 152 valence electrons. The van der Waals surface area contributed by atoms with Crippen LogP contribution in [0.4, 0.5) is 5.82 Å². The summed E-state index contributed by atoms with van der Waals surface area (Å²) in [6, 6.07) is 10.4. The van der Waals surface area contributed by atoms with Crippen molar-refractivity contribution in [3.05, 3.63) is 53.1 Å². The van der Waals surface area contributed by atoms with Crippen molar-refractivity contribution in [2.45, 2.75) is 40.0 Å². The van der Waals surface area contributed by atoms with Gasteiger partial charge in [-0.2, -0.15) is 0 Å². The predicted octanol–water partition coefficient (Wildman–Crippen LogP) is 3.83. The Kier molecular flexibility index (Phi) is 4.81. The average molecular weight is 392 g/mol. The number of aryl methyl sites for hydroxylation is 2. The summed E-state index contributed by atoms with van der Waals surface area (Å²) in [5.41, 5.74) is 3.99. The summed E-state index contributed by atoms with van der Waals surface area (Å²) >= 11 is 0. The lowest BCUT2D eigenvalue weighted by molar-refractivity contribution is 0.0741. The van der Waals surface area contributed by atoms with E-state index in [0.717, 1.165) is 41.3 Å². The standard InChI is InChI=1S/C23H29N5O/c1-15-12-21(25-16(2)24-15)27-8-10-28(11-9-27)22(29)20-13-17-6-7-18(23(3,4)5)14-19(17)26-20/h6-7,12-14,26H,8-11H2,1-5H3. The van der Waals surface area contributed by atoms with Crippen LogP contribution in [0, 0.1) is 13.8 Å². The fourth-order valence-corrected chi connectivity index (χ4v) is 3.88. The number of rotatable bonds is 2. The number of fused-ring (bicyclic) bond motifs is 1. The molecule has 6 heteroatoms. The lowest BCUT2D eigenvalue weighted by atomic mass is 9.87. The molecule has 2 aromatic heterocycles. The van der Waals surface area contributed by atoms with Gasteiger partial charge in [0.25, 0.3) is 5.91 Å². The van der Waals surface area contributed by atoms with Crippen LogP contribution in [0.2, 0.25) is 0 Å². The average Bonchev–Trinajstić information content (AvgIpc) is 3.09. The summed E-state index contributed by atoms with van der Waals surface area (Å²) < 4.78 is 0. The van der Waals surface area contributed by atoms with Gasteiger partial charge in [-0.1, -0.05) is 32.9 Å². The third-order valence-electron chi connectivity index (χ3n) is 5.56. The monoisotopic (exact) mass is 391 g/mol. The second-order valence-corrected chi connectivity index (χ2v) is 8.93. The molecule has 1 N–H and O–H groups in total. The van der Waals surface area contributed by atoms with Crippen LogP contribution in [0.15, 0.2) is 30.3 Å². The second kappa shape index (κ2) is 7.17. The van der Waals surface area contributed by atoms with Crippen LogP contribution >= 0.6 is 0 Å². The Morgan fingerprint density at radius 3 is 2.38 bits per heavy atom. The van der Waals surface area contributed by atoms with Crippen LogP contribution in [0.1, 0.15) is 48.3 Å². The summed E-state index contributed by atoms with van der Waals surface area (Å²) in [5.74, 6) is 1.79. The van der Waals surface area contributed by atoms with E-state index in [4.69, 9.17) is 0 Å². The van der Waals surface area contributed by atoms with Crippen molar-refractivity contribution in [1.29, 1.82) is 0 Å². The molecule has 0 bridgehead atoms. The second-order valence-electron chi connectivity index (χ2n) is 8.93. The van der Waals surface area contributed by atoms with Crippen LogP contribution in [0.25, 0.3) is 10.9 Å². The highest BCUT2D eigenvalue weighted by Crippen LogP contribution is 2.27. The highest BCUT2D eigenvalue weighted by atomic mass is 16.2. The minimum Gasteiger partial charge on any atom is -0.353 e. The van der Waals surface area contributed by atoms with Crippen LogP contribution < -0.4 is 4.90 Å². The molecule has 1 aliphatic rings. The molecule has 0 unspecified atom stereocenters. The Labute approximate surface area is 172 Å². The Balaban J connectivity index is 1.48. The lowest BCUT2D eigenvalue weighted by Gasteiger charge is -2.35. The fourth-order valence-electron chi connectivity index (χ4n) is 3.88. The number of nitrogens with zero attached hydrogens (tertiary/aromatic N) is 4. The van der Waals surface area contributed by atoms with E-state index in [1.54, 1.807) is 0 Å². The van der Waals surface area contributed by atoms with Gasteiger partial charge in [0.05, 0.1) is 0 Å². The Bertz CT molecular complexity index is 1030. The topological polar surface area (TPSA) is 65.1 Å². The van der Waals surface area contributed by atoms with Crippen LogP contribution in [0.3, 0.4) is 0 Å². The van der Waals surface area contributed by atoms with Crippen molar-refractivity contribution in [3.63, 3.8) is 0 Å². The maximum Gasteiger partial charge on any atom is 0.270 e. The van der Waals surface area contributed by atoms with E-state index in [-0.39, 0.29) is 11.3 Å². The summed E-state index contributed by atoms with van der Waals surface area (Å²) in [6.45, 7) is 13.4. The van der Waals surface area contributed by atoms with E-state index in [9.17, 15) is 4.79 Å². The molecule has 0 spiro atoms. The normalized spacial score (nSPS) is 15.2. The van der Waals surface area contributed by atoms with Crippen molar-refractivity contribution in [1.82, 2.24) is 19.9 Å². The quantitative estimate of drug-likeness (QED) is 0.721. The Morgan fingerprint density at radius 2 is 1.72 bits per heavy atom. The number of nitrogens with one attached hydrogen (secondary N) is 1. The van der Waals surface area contributed by atoms with Gasteiger partial charge in [0.1, 0.15) is 17.3 Å². The number of amides is 1. The zero-order valence-corrected chi connectivity index (χ0v) is 17.9. The fraction of sp³-hybridized carbons (Fsp3) is 0.435. The molecule has 1 amide bonds. The van der Waals surface area contributed by atoms with Gasteiger partial charge < -0.3 is 14.8 Å². The van der Waals surface area contributed by atoms with E-state index in [1.165, 1.54) is 5.56 Å². The molecule has 3 aromatic rings. The molecule has 0 aliphatic carbocycles. The first-order valence-corrected chi connectivity index (χ1v) is 10.2. The van der Waals surface area contributed by atoms with Crippen LogP contribution in [-0.2, 0) is 5.41 Å². The molecule has 29 heavy (non-hydrogen) atoms. The molecule has 1 aromatic carbocycles. The van der Waals surface area contributed by atoms with Gasteiger partial charge in [0.15, 0.2) is 0 Å². The minimum absolute atomic E-state index is 0.0632. The number of anilines is 1. The summed E-state index contributed by atoms with van der Waals surface area (Å²) in [7, 11) is 0. The number of aromatic amines is 1. The van der Waals surface area contributed by atoms with Gasteiger partial charge >= 0.3 is 0 Å². The van der Waals surface area contributed by atoms with Crippen molar-refractivity contribution in [3.8, 4) is 0 Å². The predicted molar refractivity (Wildman–Crippen MR) is 117 cm³/mol. The minimum atomic E-state index is 0.0632. The smallest absolute Gasteiger partial charge is 0.270 e. The molecule has 0 radical (unpaired) electrons. The van der Waals surface area contributed by atoms with Gasteiger partial charge in [-0.3, -0.25) is 4.79 Å². The number of aromatic nitrogens is 3. The van der Waals surface area contributed by atoms with Crippen molar-refractivity contribution < 1.29 is 4.79 Å². The SMILES string of the molecule is Cc1cc(N2CCN(C(=O)c3cc4ccc(C(C)(C)C)cc4[nH]3)CC2)nc(C)n1. The molecular formula is C23H29N5O. The largest absolute Gasteiger partial charge is 0.353 e. The number of carbonyl (C=O) groups excluding carboxylic acids is 1. The Hall–Kier alpha value is -2.89. The van der Waals surface area contributed by atoms with Crippen LogP contribution in [0.5, 0.6) is 0 Å². The third kappa shape index (κ3) is 3.97. The molecule has 1 aliphatic heterocycles. The first kappa shape index (κ1) is 19.4. The van der Waals surface area contributed by atoms with Crippen LogP contribution in [-0.4, -0.2) is 51.9 Å². The highest BCUT2D eigenvalue weighted by Gasteiger charge is 2.24. The van der Waals surface area contributed by atoms with Gasteiger partial charge in [0, 0.05) is 48.8 Å². The molecule has 0 saturated carbocycles. The molecular weight excluding hydrogens is 362 g/mol. The van der Waals surface area contributed by atoms with E-state index in [1.807, 2.05) is 30.9 Å². The van der Waals surface area contributed by atoms with Gasteiger partial charge in [0.2, 0.25) is 0 Å². The first-order valence-electron chi connectivity index (χ1n) is 10.2. The number of hydrogen-bond donors (Lipinski definition) is 1. The highest BCUT2D eigenvalue weighted by molar-refractivity contribution is 5.98. The summed E-state index contributed by atoms with van der Waals surface area (Å²) in [6.07, 6.45) is 0. The zero-order valence-electron chi connectivity index (χ0n) is 17.9. The number of carbonyl (C=O) groups is 1. The molecule has 1 saturated heterocycles. The van der Waals surface area contributed by atoms with Gasteiger partial charge in [-0.05, 0) is 37.0 Å². The molecule has 3 heterocycles. The summed E-state index contributed by atoms with van der Waals surface area (Å²) in [5, 5.41) is 1.08. The maximum atomic E-state index is 13.1. The van der Waals surface area contributed by atoms with E-state index >= 15 is 0 Å². The van der Waals surface area contributed by atoms with Gasteiger partial charge in [-0.25, -0.2) is 9.97 Å². The molecule has 0 atom stereocenters. The molecule has 6 nitrogen and oxygen atoms in total. The van der Waals surface area contributed by atoms with Crippen molar-refractivity contribution in [2.24, 2.45) is 0 Å².